The molecule has 32 heavy (non-hydrogen) atoms. The zero-order chi connectivity index (χ0) is 23.3. The molecular weight excluding hydrogens is 445 g/mol. The summed E-state index contributed by atoms with van der Waals surface area (Å²) >= 11 is 5.82. The Hall–Kier alpha value is -3.83. The Morgan fingerprint density at radius 1 is 0.906 bits per heavy atom. The maximum atomic E-state index is 12.6. The highest BCUT2D eigenvalue weighted by molar-refractivity contribution is 6.30. The molecule has 1 N–H and O–H groups in total. The topological polar surface area (TPSA) is 79.2 Å². The van der Waals surface area contributed by atoms with Gasteiger partial charge in [-0.05, 0) is 72.8 Å². The molecule has 0 spiro atoms. The van der Waals surface area contributed by atoms with Gasteiger partial charge in [-0.15, -0.1) is 0 Å². The molecule has 0 fully saturated rings. The van der Waals surface area contributed by atoms with E-state index >= 15 is 0 Å². The minimum absolute atomic E-state index is 0.0303. The second kappa shape index (κ2) is 9.54. The third-order valence-electron chi connectivity index (χ3n) is 4.32. The van der Waals surface area contributed by atoms with E-state index in [9.17, 15) is 28.0 Å². The Morgan fingerprint density at radius 3 is 1.94 bits per heavy atom. The van der Waals surface area contributed by atoms with Gasteiger partial charge >= 0.3 is 6.18 Å². The zero-order valence-electron chi connectivity index (χ0n) is 16.2. The van der Waals surface area contributed by atoms with Crippen LogP contribution < -0.4 is 10.1 Å². The molecule has 0 aromatic heterocycles. The fourth-order valence-electron chi connectivity index (χ4n) is 2.69. The molecule has 0 bridgehead atoms. The first-order valence-electron chi connectivity index (χ1n) is 9.13. The number of nitrogens with zero attached hydrogens (tertiary/aromatic N) is 1. The number of carbonyl (C=O) groups excluding carboxylic acids is 2. The molecule has 9 heteroatoms. The molecule has 1 unspecified atom stereocenters. The number of carbonyl (C=O) groups is 2. The highest BCUT2D eigenvalue weighted by Crippen LogP contribution is 2.30. The number of nitrogens with one attached hydrogen (secondary N) is 1. The molecule has 0 aliphatic heterocycles. The molecule has 1 atom stereocenters. The highest BCUT2D eigenvalue weighted by atomic mass is 35.5. The average Bonchev–Trinajstić information content (AvgIpc) is 2.76. The summed E-state index contributed by atoms with van der Waals surface area (Å²) in [5.74, 6) is -2.43. The Bertz CT molecular complexity index is 1150. The molecule has 162 valence electrons. The van der Waals surface area contributed by atoms with Gasteiger partial charge in [0.15, 0.2) is 11.7 Å². The van der Waals surface area contributed by atoms with E-state index in [0.717, 1.165) is 24.3 Å². The summed E-state index contributed by atoms with van der Waals surface area (Å²) in [5.41, 5.74) is -0.755. The lowest BCUT2D eigenvalue weighted by Gasteiger charge is -2.12. The van der Waals surface area contributed by atoms with E-state index in [1.165, 1.54) is 24.3 Å². The molecule has 0 saturated heterocycles. The predicted molar refractivity (Wildman–Crippen MR) is 111 cm³/mol. The fourth-order valence-corrected chi connectivity index (χ4v) is 2.81. The van der Waals surface area contributed by atoms with Crippen molar-refractivity contribution < 1.29 is 27.5 Å². The number of hydrogen-bond acceptors (Lipinski definition) is 4. The van der Waals surface area contributed by atoms with Crippen LogP contribution in [0.15, 0.2) is 72.8 Å². The van der Waals surface area contributed by atoms with Crippen molar-refractivity contribution in [2.45, 2.75) is 6.18 Å². The molecule has 3 rings (SSSR count). The van der Waals surface area contributed by atoms with E-state index < -0.39 is 29.3 Å². The number of Topliss-reactive ketones (excluding diaryl/α,β-unsaturated/α-hetero) is 1. The Kier molecular flexibility index (Phi) is 6.81. The van der Waals surface area contributed by atoms with Crippen LogP contribution in [0.2, 0.25) is 5.02 Å². The molecule has 3 aromatic rings. The Labute approximate surface area is 186 Å². The van der Waals surface area contributed by atoms with Crippen LogP contribution in [0.1, 0.15) is 15.9 Å². The molecule has 0 aliphatic carbocycles. The van der Waals surface area contributed by atoms with Crippen LogP contribution in [0.4, 0.5) is 18.9 Å². The molecular formula is C23H14ClF3N2O3. The summed E-state index contributed by atoms with van der Waals surface area (Å²) < 4.78 is 43.5. The lowest BCUT2D eigenvalue weighted by molar-refractivity contribution is -0.137. The zero-order valence-corrected chi connectivity index (χ0v) is 16.9. The van der Waals surface area contributed by atoms with Gasteiger partial charge in [-0.3, -0.25) is 9.59 Å². The minimum atomic E-state index is -4.52. The van der Waals surface area contributed by atoms with Crippen molar-refractivity contribution >= 4 is 29.0 Å². The van der Waals surface area contributed by atoms with Gasteiger partial charge in [-0.1, -0.05) is 11.6 Å². The Balaban J connectivity index is 1.67. The molecule has 1 amide bonds. The number of ketones is 1. The van der Waals surface area contributed by atoms with E-state index in [-0.39, 0.29) is 11.3 Å². The first-order valence-corrected chi connectivity index (χ1v) is 9.50. The number of nitriles is 1. The molecule has 0 radical (unpaired) electrons. The largest absolute Gasteiger partial charge is 0.457 e. The number of ether oxygens (including phenoxy) is 1. The number of halogens is 4. The van der Waals surface area contributed by atoms with Crippen molar-refractivity contribution in [2.75, 3.05) is 5.32 Å². The molecule has 5 nitrogen and oxygen atoms in total. The van der Waals surface area contributed by atoms with Crippen molar-refractivity contribution in [1.29, 1.82) is 5.26 Å². The summed E-state index contributed by atoms with van der Waals surface area (Å²) in [6.07, 6.45) is -4.52. The second-order valence-electron chi connectivity index (χ2n) is 6.57. The Morgan fingerprint density at radius 2 is 1.44 bits per heavy atom. The maximum absolute atomic E-state index is 12.6. The van der Waals surface area contributed by atoms with Gasteiger partial charge in [0, 0.05) is 16.3 Å². The molecule has 0 aliphatic rings. The van der Waals surface area contributed by atoms with Crippen LogP contribution in [-0.2, 0) is 11.0 Å². The standard InChI is InChI=1S/C23H14ClF3N2O3/c24-16-5-11-19(12-6-16)32-18-9-1-14(2-10-18)21(30)20(13-28)22(31)29-17-7-3-15(4-8-17)23(25,26)27/h1-12,20H,(H,29,31). The number of rotatable bonds is 6. The van der Waals surface area contributed by atoms with Gasteiger partial charge in [-0.2, -0.15) is 18.4 Å². The monoisotopic (exact) mass is 458 g/mol. The van der Waals surface area contributed by atoms with Crippen molar-refractivity contribution in [2.24, 2.45) is 5.92 Å². The number of anilines is 1. The van der Waals surface area contributed by atoms with Crippen molar-refractivity contribution in [1.82, 2.24) is 0 Å². The van der Waals surface area contributed by atoms with Crippen molar-refractivity contribution in [3.05, 3.63) is 88.9 Å². The van der Waals surface area contributed by atoms with Gasteiger partial charge in [0.1, 0.15) is 11.5 Å². The summed E-state index contributed by atoms with van der Waals surface area (Å²) in [7, 11) is 0. The molecule has 0 heterocycles. The lowest BCUT2D eigenvalue weighted by atomic mass is 9.98. The summed E-state index contributed by atoms with van der Waals surface area (Å²) in [5, 5.41) is 12.1. The molecule has 0 saturated carbocycles. The smallest absolute Gasteiger partial charge is 0.416 e. The van der Waals surface area contributed by atoms with E-state index in [1.807, 2.05) is 0 Å². The van der Waals surface area contributed by atoms with Crippen LogP contribution in [0.5, 0.6) is 11.5 Å². The third kappa shape index (κ3) is 5.65. The van der Waals surface area contributed by atoms with Gasteiger partial charge in [-0.25, -0.2) is 0 Å². The summed E-state index contributed by atoms with van der Waals surface area (Å²) in [4.78, 5) is 25.0. The number of hydrogen-bond donors (Lipinski definition) is 1. The van der Waals surface area contributed by atoms with Gasteiger partial charge < -0.3 is 10.1 Å². The van der Waals surface area contributed by atoms with Gasteiger partial charge in [0.2, 0.25) is 5.91 Å². The van der Waals surface area contributed by atoms with Gasteiger partial charge in [0.25, 0.3) is 0 Å². The van der Waals surface area contributed by atoms with Crippen LogP contribution in [0, 0.1) is 17.2 Å². The van der Waals surface area contributed by atoms with Crippen molar-refractivity contribution in [3.8, 4) is 17.6 Å². The van der Waals surface area contributed by atoms with Crippen LogP contribution >= 0.6 is 11.6 Å². The van der Waals surface area contributed by atoms with Crippen LogP contribution in [-0.4, -0.2) is 11.7 Å². The highest BCUT2D eigenvalue weighted by Gasteiger charge is 2.31. The first kappa shape index (κ1) is 22.8. The quantitative estimate of drug-likeness (QED) is 0.357. The van der Waals surface area contributed by atoms with E-state index in [4.69, 9.17) is 16.3 Å². The lowest BCUT2D eigenvalue weighted by Crippen LogP contribution is -2.28. The minimum Gasteiger partial charge on any atom is -0.457 e. The predicted octanol–water partition coefficient (Wildman–Crippen LogP) is 6.11. The summed E-state index contributed by atoms with van der Waals surface area (Å²) in [6.45, 7) is 0. The number of alkyl halides is 3. The normalized spacial score (nSPS) is 11.8. The van der Waals surface area contributed by atoms with Gasteiger partial charge in [0.05, 0.1) is 11.6 Å². The summed E-state index contributed by atoms with van der Waals surface area (Å²) in [6, 6.07) is 17.8. The number of benzene rings is 3. The second-order valence-corrected chi connectivity index (χ2v) is 7.01. The fraction of sp³-hybridized carbons (Fsp3) is 0.0870. The molecule has 3 aromatic carbocycles. The van der Waals surface area contributed by atoms with E-state index in [1.54, 1.807) is 30.3 Å². The van der Waals surface area contributed by atoms with E-state index in [2.05, 4.69) is 5.32 Å². The van der Waals surface area contributed by atoms with E-state index in [0.29, 0.717) is 16.5 Å². The third-order valence-corrected chi connectivity index (χ3v) is 4.57. The van der Waals surface area contributed by atoms with Crippen LogP contribution in [0.3, 0.4) is 0 Å². The SMILES string of the molecule is N#CC(C(=O)Nc1ccc(C(F)(F)F)cc1)C(=O)c1ccc(Oc2ccc(Cl)cc2)cc1. The van der Waals surface area contributed by atoms with Crippen LogP contribution in [0.25, 0.3) is 0 Å². The number of amides is 1. The maximum Gasteiger partial charge on any atom is 0.416 e. The van der Waals surface area contributed by atoms with Crippen molar-refractivity contribution in [3.63, 3.8) is 0 Å². The average molecular weight is 459 g/mol. The first-order chi connectivity index (χ1) is 15.2.